The van der Waals surface area contributed by atoms with Crippen molar-refractivity contribution in [2.45, 2.75) is 24.7 Å². The van der Waals surface area contributed by atoms with Crippen LogP contribution in [0.4, 0.5) is 23.2 Å². The lowest BCUT2D eigenvalue weighted by Crippen LogP contribution is -2.41. The molecule has 1 amide bonds. The Balaban J connectivity index is 1.84. The Bertz CT molecular complexity index is 1310. The lowest BCUT2D eigenvalue weighted by atomic mass is 9.87. The SMILES string of the molecule is C=CC(=O)N1CCC(Nc2ccc3c(C(F)(F)F)nn(CCO)c3c2)(c2c(F)ccc(Cl)c2Cl)C1. The fourth-order valence-corrected chi connectivity index (χ4v) is 4.96. The summed E-state index contributed by atoms with van der Waals surface area (Å²) < 4.78 is 56.7. The topological polar surface area (TPSA) is 70.4 Å². The highest BCUT2D eigenvalue weighted by Gasteiger charge is 2.45. The molecule has 2 aromatic carbocycles. The molecular formula is C23H20Cl2F4N4O2. The Hall–Kier alpha value is -2.82. The predicted octanol–water partition coefficient (Wildman–Crippen LogP) is 5.22. The molecule has 0 aliphatic carbocycles. The summed E-state index contributed by atoms with van der Waals surface area (Å²) in [5, 5.41) is 16.1. The van der Waals surface area contributed by atoms with Crippen LogP contribution >= 0.6 is 23.2 Å². The number of aliphatic hydroxyl groups is 1. The standard InChI is InChI=1S/C23H20Cl2F4N4O2/c1-2-18(35)32-8-7-22(12-32,19-16(26)6-5-15(24)20(19)25)30-13-3-4-14-17(11-13)33(9-10-34)31-21(14)23(27,28)29/h2-6,11,30,34H,1,7-10,12H2. The minimum absolute atomic E-state index is 0.0105. The molecule has 1 fully saturated rings. The number of carbonyl (C=O) groups is 1. The van der Waals surface area contributed by atoms with E-state index in [2.05, 4.69) is 17.0 Å². The third kappa shape index (κ3) is 4.57. The van der Waals surface area contributed by atoms with E-state index in [1.165, 1.54) is 35.2 Å². The van der Waals surface area contributed by atoms with Crippen molar-refractivity contribution in [1.82, 2.24) is 14.7 Å². The van der Waals surface area contributed by atoms with Crippen molar-refractivity contribution in [3.05, 3.63) is 70.1 Å². The first-order valence-corrected chi connectivity index (χ1v) is 11.3. The third-order valence-electron chi connectivity index (χ3n) is 5.99. The first-order chi connectivity index (χ1) is 16.5. The Labute approximate surface area is 207 Å². The Morgan fingerprint density at radius 3 is 2.69 bits per heavy atom. The summed E-state index contributed by atoms with van der Waals surface area (Å²) in [5.41, 5.74) is -1.79. The lowest BCUT2D eigenvalue weighted by molar-refractivity contribution is -0.140. The van der Waals surface area contributed by atoms with Crippen molar-refractivity contribution in [3.8, 4) is 0 Å². The van der Waals surface area contributed by atoms with Crippen molar-refractivity contribution in [3.63, 3.8) is 0 Å². The summed E-state index contributed by atoms with van der Waals surface area (Å²) in [6.45, 7) is 3.18. The van der Waals surface area contributed by atoms with Crippen LogP contribution in [0.15, 0.2) is 43.0 Å². The smallest absolute Gasteiger partial charge is 0.394 e. The van der Waals surface area contributed by atoms with Crippen molar-refractivity contribution < 1.29 is 27.5 Å². The summed E-state index contributed by atoms with van der Waals surface area (Å²) in [6, 6.07) is 6.59. The quantitative estimate of drug-likeness (QED) is 0.260. The maximum atomic E-state index is 15.1. The normalized spacial score (nSPS) is 18.3. The van der Waals surface area contributed by atoms with E-state index in [4.69, 9.17) is 23.2 Å². The number of rotatable bonds is 6. The molecule has 0 saturated carbocycles. The first kappa shape index (κ1) is 25.3. The van der Waals surface area contributed by atoms with Crippen LogP contribution < -0.4 is 5.32 Å². The number of hydrogen-bond acceptors (Lipinski definition) is 4. The molecule has 1 unspecified atom stereocenters. The van der Waals surface area contributed by atoms with Gasteiger partial charge in [0.05, 0.1) is 34.3 Å². The third-order valence-corrected chi connectivity index (χ3v) is 6.80. The number of carbonyl (C=O) groups excluding carboxylic acids is 1. The van der Waals surface area contributed by atoms with E-state index in [9.17, 15) is 23.1 Å². The highest BCUT2D eigenvalue weighted by atomic mass is 35.5. The van der Waals surface area contributed by atoms with Crippen LogP contribution in [0.1, 0.15) is 17.7 Å². The van der Waals surface area contributed by atoms with E-state index in [1.807, 2.05) is 0 Å². The minimum atomic E-state index is -4.69. The number of benzene rings is 2. The number of fused-ring (bicyclic) bond motifs is 1. The van der Waals surface area contributed by atoms with Crippen LogP contribution in [0.3, 0.4) is 0 Å². The number of alkyl halides is 3. The van der Waals surface area contributed by atoms with Crippen molar-refractivity contribution >= 4 is 45.7 Å². The number of likely N-dealkylation sites (tertiary alicyclic amines) is 1. The van der Waals surface area contributed by atoms with Gasteiger partial charge in [0.2, 0.25) is 5.91 Å². The maximum absolute atomic E-state index is 15.1. The van der Waals surface area contributed by atoms with Gasteiger partial charge in [0.25, 0.3) is 0 Å². The molecule has 0 spiro atoms. The van der Waals surface area contributed by atoms with E-state index in [-0.39, 0.29) is 58.5 Å². The van der Waals surface area contributed by atoms with Crippen LogP contribution in [0.2, 0.25) is 10.0 Å². The fourth-order valence-electron chi connectivity index (χ4n) is 4.46. The van der Waals surface area contributed by atoms with Gasteiger partial charge < -0.3 is 15.3 Å². The summed E-state index contributed by atoms with van der Waals surface area (Å²) in [7, 11) is 0. The zero-order valence-corrected chi connectivity index (χ0v) is 19.7. The van der Waals surface area contributed by atoms with Gasteiger partial charge in [-0.25, -0.2) is 4.39 Å². The molecule has 1 saturated heterocycles. The van der Waals surface area contributed by atoms with Crippen molar-refractivity contribution in [2.24, 2.45) is 0 Å². The first-order valence-electron chi connectivity index (χ1n) is 10.5. The second-order valence-corrected chi connectivity index (χ2v) is 8.95. The molecule has 3 aromatic rings. The van der Waals surface area contributed by atoms with Gasteiger partial charge in [-0.05, 0) is 42.8 Å². The van der Waals surface area contributed by atoms with Gasteiger partial charge in [-0.3, -0.25) is 9.48 Å². The average Bonchev–Trinajstić information content (AvgIpc) is 3.39. The Morgan fingerprint density at radius 1 is 1.29 bits per heavy atom. The van der Waals surface area contributed by atoms with Crippen LogP contribution in [-0.4, -0.2) is 45.4 Å². The molecule has 0 bridgehead atoms. The van der Waals surface area contributed by atoms with Gasteiger partial charge in [-0.1, -0.05) is 29.8 Å². The lowest BCUT2D eigenvalue weighted by Gasteiger charge is -2.33. The van der Waals surface area contributed by atoms with E-state index >= 15 is 4.39 Å². The number of aliphatic hydroxyl groups excluding tert-OH is 1. The molecule has 186 valence electrons. The molecule has 1 aliphatic heterocycles. The van der Waals surface area contributed by atoms with Crippen molar-refractivity contribution in [2.75, 3.05) is 25.0 Å². The summed E-state index contributed by atoms with van der Waals surface area (Å²) >= 11 is 12.6. The average molecular weight is 531 g/mol. The number of aromatic nitrogens is 2. The zero-order valence-electron chi connectivity index (χ0n) is 18.2. The summed E-state index contributed by atoms with van der Waals surface area (Å²) in [5.74, 6) is -1.01. The molecule has 12 heteroatoms. The number of halogens is 6. The fraction of sp³-hybridized carbons (Fsp3) is 0.304. The molecule has 0 radical (unpaired) electrons. The van der Waals surface area contributed by atoms with E-state index in [1.54, 1.807) is 0 Å². The molecule has 6 nitrogen and oxygen atoms in total. The van der Waals surface area contributed by atoms with Gasteiger partial charge in [-0.2, -0.15) is 18.3 Å². The number of nitrogens with zero attached hydrogens (tertiary/aromatic N) is 3. The van der Waals surface area contributed by atoms with Gasteiger partial charge in [0.1, 0.15) is 5.82 Å². The second kappa shape index (κ2) is 9.33. The van der Waals surface area contributed by atoms with Crippen LogP contribution in [0.5, 0.6) is 0 Å². The molecule has 35 heavy (non-hydrogen) atoms. The van der Waals surface area contributed by atoms with E-state index in [0.717, 1.165) is 10.8 Å². The monoisotopic (exact) mass is 530 g/mol. The molecule has 4 rings (SSSR count). The number of amides is 1. The molecule has 1 aliphatic rings. The predicted molar refractivity (Wildman–Crippen MR) is 125 cm³/mol. The number of anilines is 1. The van der Waals surface area contributed by atoms with Crippen LogP contribution in [-0.2, 0) is 23.1 Å². The molecule has 2 N–H and O–H groups in total. The molecule has 1 aromatic heterocycles. The van der Waals surface area contributed by atoms with Gasteiger partial charge in [0, 0.05) is 29.7 Å². The Morgan fingerprint density at radius 2 is 2.03 bits per heavy atom. The Kier molecular flexibility index (Phi) is 6.74. The minimum Gasteiger partial charge on any atom is -0.394 e. The highest BCUT2D eigenvalue weighted by molar-refractivity contribution is 6.42. The van der Waals surface area contributed by atoms with Crippen molar-refractivity contribution in [1.29, 1.82) is 0 Å². The number of hydrogen-bond donors (Lipinski definition) is 2. The van der Waals surface area contributed by atoms with Crippen LogP contribution in [0.25, 0.3) is 10.9 Å². The number of nitrogens with one attached hydrogen (secondary N) is 1. The summed E-state index contributed by atoms with van der Waals surface area (Å²) in [6.07, 6.45) is -3.31. The second-order valence-electron chi connectivity index (χ2n) is 8.16. The van der Waals surface area contributed by atoms with E-state index in [0.29, 0.717) is 5.69 Å². The largest absolute Gasteiger partial charge is 0.435 e. The zero-order chi connectivity index (χ0) is 25.5. The molecular weight excluding hydrogens is 511 g/mol. The highest BCUT2D eigenvalue weighted by Crippen LogP contribution is 2.44. The summed E-state index contributed by atoms with van der Waals surface area (Å²) in [4.78, 5) is 13.8. The van der Waals surface area contributed by atoms with Gasteiger partial charge >= 0.3 is 6.18 Å². The molecule has 2 heterocycles. The van der Waals surface area contributed by atoms with E-state index < -0.39 is 29.8 Å². The molecule has 1 atom stereocenters. The van der Waals surface area contributed by atoms with Gasteiger partial charge in [-0.15, -0.1) is 0 Å². The van der Waals surface area contributed by atoms with Crippen LogP contribution in [0, 0.1) is 5.82 Å². The maximum Gasteiger partial charge on any atom is 0.435 e. The van der Waals surface area contributed by atoms with Gasteiger partial charge in [0.15, 0.2) is 5.69 Å².